The zero-order valence-electron chi connectivity index (χ0n) is 15.0. The number of rotatable bonds is 6. The molecular weight excluding hydrogens is 328 g/mol. The van der Waals surface area contributed by atoms with Crippen LogP contribution in [0.2, 0.25) is 0 Å². The Morgan fingerprint density at radius 1 is 1.04 bits per heavy atom. The highest BCUT2D eigenvalue weighted by Crippen LogP contribution is 2.25. The number of benzene rings is 2. The standard InChI is InChI=1S/C21H22N2O3/c1-3-14-9-11-15(12-10-14)13-22-19-16-7-5-6-8-17(16)23-20(24)18(19)21(25)26-4-2/h5-12H,3-4,13H2,1-2H3,(H2,22,23,24). The first-order chi connectivity index (χ1) is 12.6. The van der Waals surface area contributed by atoms with Crippen molar-refractivity contribution in [3.63, 3.8) is 0 Å². The second kappa shape index (κ2) is 7.87. The van der Waals surface area contributed by atoms with Gasteiger partial charge in [-0.25, -0.2) is 4.79 Å². The van der Waals surface area contributed by atoms with Crippen molar-refractivity contribution in [2.24, 2.45) is 0 Å². The largest absolute Gasteiger partial charge is 0.462 e. The van der Waals surface area contributed by atoms with Crippen molar-refractivity contribution in [3.05, 3.63) is 75.6 Å². The maximum atomic E-state index is 12.5. The molecule has 0 saturated carbocycles. The van der Waals surface area contributed by atoms with E-state index in [0.717, 1.165) is 17.4 Å². The van der Waals surface area contributed by atoms with Crippen LogP contribution in [0.5, 0.6) is 0 Å². The number of hydrogen-bond acceptors (Lipinski definition) is 4. The highest BCUT2D eigenvalue weighted by molar-refractivity contribution is 6.04. The van der Waals surface area contributed by atoms with E-state index >= 15 is 0 Å². The number of fused-ring (bicyclic) bond motifs is 1. The molecule has 3 aromatic rings. The molecule has 0 amide bonds. The number of nitrogens with one attached hydrogen (secondary N) is 2. The number of H-pyrrole nitrogens is 1. The molecule has 0 aliphatic heterocycles. The quantitative estimate of drug-likeness (QED) is 0.662. The molecule has 1 aromatic heterocycles. The number of anilines is 1. The van der Waals surface area contributed by atoms with Gasteiger partial charge in [0.2, 0.25) is 0 Å². The van der Waals surface area contributed by atoms with Gasteiger partial charge in [0, 0.05) is 11.9 Å². The van der Waals surface area contributed by atoms with Gasteiger partial charge in [-0.1, -0.05) is 49.4 Å². The zero-order valence-corrected chi connectivity index (χ0v) is 15.0. The van der Waals surface area contributed by atoms with Gasteiger partial charge in [0.15, 0.2) is 0 Å². The topological polar surface area (TPSA) is 71.2 Å². The van der Waals surface area contributed by atoms with E-state index in [1.54, 1.807) is 6.92 Å². The van der Waals surface area contributed by atoms with E-state index < -0.39 is 11.5 Å². The smallest absolute Gasteiger partial charge is 0.345 e. The molecule has 0 aliphatic rings. The van der Waals surface area contributed by atoms with Gasteiger partial charge in [0.25, 0.3) is 5.56 Å². The van der Waals surface area contributed by atoms with Crippen LogP contribution in [0.15, 0.2) is 53.3 Å². The molecular formula is C21H22N2O3. The number of ether oxygens (including phenoxy) is 1. The van der Waals surface area contributed by atoms with E-state index in [1.807, 2.05) is 36.4 Å². The summed E-state index contributed by atoms with van der Waals surface area (Å²) in [5.41, 5.74) is 3.07. The lowest BCUT2D eigenvalue weighted by atomic mass is 10.1. The Morgan fingerprint density at radius 3 is 2.42 bits per heavy atom. The molecule has 0 unspecified atom stereocenters. The van der Waals surface area contributed by atoms with Crippen LogP contribution in [-0.4, -0.2) is 17.6 Å². The Kier molecular flexibility index (Phi) is 5.37. The number of hydrogen-bond donors (Lipinski definition) is 2. The van der Waals surface area contributed by atoms with E-state index in [1.165, 1.54) is 5.56 Å². The Balaban J connectivity index is 2.02. The molecule has 0 saturated heterocycles. The van der Waals surface area contributed by atoms with E-state index in [0.29, 0.717) is 17.7 Å². The molecule has 0 spiro atoms. The van der Waals surface area contributed by atoms with Gasteiger partial charge in [-0.15, -0.1) is 0 Å². The maximum absolute atomic E-state index is 12.5. The number of aromatic nitrogens is 1. The molecule has 2 N–H and O–H groups in total. The van der Waals surface area contributed by atoms with Crippen LogP contribution in [0.4, 0.5) is 5.69 Å². The molecule has 0 fully saturated rings. The van der Waals surface area contributed by atoms with Crippen LogP contribution >= 0.6 is 0 Å². The molecule has 26 heavy (non-hydrogen) atoms. The fourth-order valence-corrected chi connectivity index (χ4v) is 2.91. The number of esters is 1. The summed E-state index contributed by atoms with van der Waals surface area (Å²) >= 11 is 0. The van der Waals surface area contributed by atoms with Gasteiger partial charge in [-0.05, 0) is 30.5 Å². The number of carbonyl (C=O) groups excluding carboxylic acids is 1. The number of aromatic amines is 1. The normalized spacial score (nSPS) is 10.7. The third-order valence-electron chi connectivity index (χ3n) is 4.30. The summed E-state index contributed by atoms with van der Waals surface area (Å²) < 4.78 is 5.08. The first-order valence-corrected chi connectivity index (χ1v) is 8.77. The first-order valence-electron chi connectivity index (χ1n) is 8.77. The molecule has 0 atom stereocenters. The minimum Gasteiger partial charge on any atom is -0.462 e. The number of pyridine rings is 1. The number of aryl methyl sites for hydroxylation is 1. The van der Waals surface area contributed by atoms with Crippen LogP contribution in [0, 0.1) is 0 Å². The maximum Gasteiger partial charge on any atom is 0.345 e. The molecule has 0 aliphatic carbocycles. The summed E-state index contributed by atoms with van der Waals surface area (Å²) in [5, 5.41) is 4.05. The van der Waals surface area contributed by atoms with E-state index in [9.17, 15) is 9.59 Å². The molecule has 0 bridgehead atoms. The average molecular weight is 350 g/mol. The Labute approximate surface area is 152 Å². The molecule has 3 rings (SSSR count). The minimum atomic E-state index is -0.622. The van der Waals surface area contributed by atoms with E-state index in [-0.39, 0.29) is 12.2 Å². The van der Waals surface area contributed by atoms with Crippen molar-refractivity contribution in [1.29, 1.82) is 0 Å². The minimum absolute atomic E-state index is 0.00993. The lowest BCUT2D eigenvalue weighted by Gasteiger charge is -2.14. The van der Waals surface area contributed by atoms with Crippen molar-refractivity contribution in [3.8, 4) is 0 Å². The molecule has 5 nitrogen and oxygen atoms in total. The average Bonchev–Trinajstić information content (AvgIpc) is 2.66. The lowest BCUT2D eigenvalue weighted by Crippen LogP contribution is -2.23. The summed E-state index contributed by atoms with van der Waals surface area (Å²) in [4.78, 5) is 27.6. The van der Waals surface area contributed by atoms with E-state index in [2.05, 4.69) is 29.4 Å². The molecule has 134 valence electrons. The van der Waals surface area contributed by atoms with Crippen molar-refractivity contribution in [2.75, 3.05) is 11.9 Å². The van der Waals surface area contributed by atoms with Gasteiger partial charge >= 0.3 is 5.97 Å². The third-order valence-corrected chi connectivity index (χ3v) is 4.30. The van der Waals surface area contributed by atoms with Gasteiger partial charge in [-0.2, -0.15) is 0 Å². The summed E-state index contributed by atoms with van der Waals surface area (Å²) in [5.74, 6) is -0.622. The summed E-state index contributed by atoms with van der Waals surface area (Å²) in [6, 6.07) is 15.7. The lowest BCUT2D eigenvalue weighted by molar-refractivity contribution is 0.0525. The molecule has 5 heteroatoms. The predicted molar refractivity (Wildman–Crippen MR) is 104 cm³/mol. The first kappa shape index (κ1) is 17.7. The van der Waals surface area contributed by atoms with Gasteiger partial charge < -0.3 is 15.0 Å². The third kappa shape index (κ3) is 3.61. The van der Waals surface area contributed by atoms with Crippen LogP contribution < -0.4 is 10.9 Å². The van der Waals surface area contributed by atoms with Crippen LogP contribution in [0.1, 0.15) is 35.3 Å². The fraction of sp³-hybridized carbons (Fsp3) is 0.238. The van der Waals surface area contributed by atoms with Gasteiger partial charge in [0.05, 0.1) is 17.8 Å². The Bertz CT molecular complexity index is 975. The molecule has 1 heterocycles. The zero-order chi connectivity index (χ0) is 18.5. The Morgan fingerprint density at radius 2 is 1.73 bits per heavy atom. The second-order valence-corrected chi connectivity index (χ2v) is 5.99. The van der Waals surface area contributed by atoms with Crippen molar-refractivity contribution >= 4 is 22.6 Å². The second-order valence-electron chi connectivity index (χ2n) is 5.99. The SMILES string of the molecule is CCOC(=O)c1c(NCc2ccc(CC)cc2)c2ccccc2[nH]c1=O. The number of carbonyl (C=O) groups is 1. The van der Waals surface area contributed by atoms with Gasteiger partial charge in [0.1, 0.15) is 5.56 Å². The van der Waals surface area contributed by atoms with Crippen LogP contribution in [0.3, 0.4) is 0 Å². The molecule has 2 aromatic carbocycles. The number of para-hydroxylation sites is 1. The van der Waals surface area contributed by atoms with Crippen molar-refractivity contribution in [1.82, 2.24) is 4.98 Å². The van der Waals surface area contributed by atoms with Crippen molar-refractivity contribution < 1.29 is 9.53 Å². The van der Waals surface area contributed by atoms with Crippen molar-refractivity contribution in [2.45, 2.75) is 26.8 Å². The summed E-state index contributed by atoms with van der Waals surface area (Å²) in [7, 11) is 0. The summed E-state index contributed by atoms with van der Waals surface area (Å²) in [6.07, 6.45) is 0.986. The summed E-state index contributed by atoms with van der Waals surface area (Å²) in [6.45, 7) is 4.55. The van der Waals surface area contributed by atoms with Crippen LogP contribution in [-0.2, 0) is 17.7 Å². The van der Waals surface area contributed by atoms with Crippen LogP contribution in [0.25, 0.3) is 10.9 Å². The Hall–Kier alpha value is -3.08. The monoisotopic (exact) mass is 350 g/mol. The van der Waals surface area contributed by atoms with E-state index in [4.69, 9.17) is 4.74 Å². The predicted octanol–water partition coefficient (Wildman–Crippen LogP) is 3.88. The van der Waals surface area contributed by atoms with Gasteiger partial charge in [-0.3, -0.25) is 4.79 Å². The molecule has 0 radical (unpaired) electrons. The highest BCUT2D eigenvalue weighted by atomic mass is 16.5. The highest BCUT2D eigenvalue weighted by Gasteiger charge is 2.20. The fourth-order valence-electron chi connectivity index (χ4n) is 2.91.